The Morgan fingerprint density at radius 1 is 1.10 bits per heavy atom. The molecular weight excluding hydrogens is 368 g/mol. The van der Waals surface area contributed by atoms with E-state index in [2.05, 4.69) is 24.3 Å². The summed E-state index contributed by atoms with van der Waals surface area (Å²) in [5.41, 5.74) is 7.57. The average Bonchev–Trinajstić information content (AvgIpc) is 3.18. The molecule has 1 aromatic heterocycles. The van der Waals surface area contributed by atoms with E-state index >= 15 is 0 Å². The fraction of sp³-hybridized carbons (Fsp3) is 0.227. The van der Waals surface area contributed by atoms with E-state index in [1.54, 1.807) is 12.1 Å². The number of nitrogens with two attached hydrogens (primary N) is 1. The van der Waals surface area contributed by atoms with E-state index < -0.39 is 11.8 Å². The van der Waals surface area contributed by atoms with Gasteiger partial charge in [-0.15, -0.1) is 0 Å². The van der Waals surface area contributed by atoms with Gasteiger partial charge in [0.25, 0.3) is 11.8 Å². The molecule has 1 heterocycles. The summed E-state index contributed by atoms with van der Waals surface area (Å²) in [5, 5.41) is 6.97. The van der Waals surface area contributed by atoms with Crippen LogP contribution in [-0.4, -0.2) is 34.7 Å². The Kier molecular flexibility index (Phi) is 6.29. The minimum atomic E-state index is -0.659. The van der Waals surface area contributed by atoms with E-state index in [-0.39, 0.29) is 11.4 Å². The second-order valence-corrected chi connectivity index (χ2v) is 6.85. The van der Waals surface area contributed by atoms with Gasteiger partial charge < -0.3 is 15.8 Å². The molecule has 7 heteroatoms. The number of ether oxygens (including phenoxy) is 1. The molecule has 2 aromatic carbocycles. The second kappa shape index (κ2) is 9.05. The number of aromatic nitrogens is 2. The van der Waals surface area contributed by atoms with Crippen LogP contribution < -0.4 is 15.8 Å². The van der Waals surface area contributed by atoms with Crippen molar-refractivity contribution in [1.82, 2.24) is 15.1 Å². The van der Waals surface area contributed by atoms with Gasteiger partial charge in [-0.2, -0.15) is 5.10 Å². The van der Waals surface area contributed by atoms with Crippen LogP contribution in [0.15, 0.2) is 60.7 Å². The van der Waals surface area contributed by atoms with Crippen molar-refractivity contribution in [2.75, 3.05) is 13.2 Å². The SMILES string of the molecule is CC(C)c1ccc(OCCNC(=O)c2cc(C(N)=O)n(-c3ccccc3)n2)cc1. The Bertz CT molecular complexity index is 979. The van der Waals surface area contributed by atoms with E-state index in [0.717, 1.165) is 5.75 Å². The Morgan fingerprint density at radius 3 is 2.41 bits per heavy atom. The fourth-order valence-corrected chi connectivity index (χ4v) is 2.81. The van der Waals surface area contributed by atoms with Crippen molar-refractivity contribution in [2.45, 2.75) is 19.8 Å². The minimum Gasteiger partial charge on any atom is -0.492 e. The van der Waals surface area contributed by atoms with Crippen LogP contribution in [0.2, 0.25) is 0 Å². The molecular formula is C22H24N4O3. The molecule has 0 radical (unpaired) electrons. The number of primary amides is 1. The van der Waals surface area contributed by atoms with Gasteiger partial charge in [-0.1, -0.05) is 44.2 Å². The van der Waals surface area contributed by atoms with Crippen LogP contribution in [0.25, 0.3) is 5.69 Å². The molecule has 0 unspecified atom stereocenters. The molecule has 150 valence electrons. The van der Waals surface area contributed by atoms with Crippen molar-refractivity contribution in [3.05, 3.63) is 77.6 Å². The van der Waals surface area contributed by atoms with Crippen molar-refractivity contribution >= 4 is 11.8 Å². The van der Waals surface area contributed by atoms with Gasteiger partial charge in [0.15, 0.2) is 5.69 Å². The van der Waals surface area contributed by atoms with E-state index in [1.807, 2.05) is 42.5 Å². The zero-order valence-electron chi connectivity index (χ0n) is 16.5. The highest BCUT2D eigenvalue weighted by Gasteiger charge is 2.18. The zero-order chi connectivity index (χ0) is 20.8. The third-order valence-corrected chi connectivity index (χ3v) is 4.40. The highest BCUT2D eigenvalue weighted by Crippen LogP contribution is 2.18. The number of benzene rings is 2. The number of carbonyl (C=O) groups is 2. The highest BCUT2D eigenvalue weighted by atomic mass is 16.5. The van der Waals surface area contributed by atoms with Gasteiger partial charge in [-0.3, -0.25) is 9.59 Å². The van der Waals surface area contributed by atoms with Gasteiger partial charge in [0.2, 0.25) is 0 Å². The summed E-state index contributed by atoms with van der Waals surface area (Å²) in [6.07, 6.45) is 0. The summed E-state index contributed by atoms with van der Waals surface area (Å²) >= 11 is 0. The molecule has 7 nitrogen and oxygen atoms in total. The first-order valence-electron chi connectivity index (χ1n) is 9.42. The summed E-state index contributed by atoms with van der Waals surface area (Å²) in [6.45, 7) is 4.88. The van der Waals surface area contributed by atoms with Crippen molar-refractivity contribution in [3.63, 3.8) is 0 Å². The van der Waals surface area contributed by atoms with Crippen LogP contribution >= 0.6 is 0 Å². The van der Waals surface area contributed by atoms with Gasteiger partial charge in [0, 0.05) is 6.07 Å². The maximum atomic E-state index is 12.4. The largest absolute Gasteiger partial charge is 0.492 e. The van der Waals surface area contributed by atoms with E-state index in [1.165, 1.54) is 16.3 Å². The number of carbonyl (C=O) groups excluding carboxylic acids is 2. The molecule has 0 spiro atoms. The maximum absolute atomic E-state index is 12.4. The van der Waals surface area contributed by atoms with E-state index in [4.69, 9.17) is 10.5 Å². The van der Waals surface area contributed by atoms with E-state index in [0.29, 0.717) is 24.8 Å². The number of rotatable bonds is 8. The molecule has 3 aromatic rings. The Morgan fingerprint density at radius 2 is 1.79 bits per heavy atom. The van der Waals surface area contributed by atoms with Crippen molar-refractivity contribution in [3.8, 4) is 11.4 Å². The number of para-hydroxylation sites is 1. The summed E-state index contributed by atoms with van der Waals surface area (Å²) in [5.74, 6) is 0.145. The van der Waals surface area contributed by atoms with Gasteiger partial charge in [0.1, 0.15) is 18.1 Å². The molecule has 0 atom stereocenters. The first-order valence-corrected chi connectivity index (χ1v) is 9.42. The molecule has 3 N–H and O–H groups in total. The smallest absolute Gasteiger partial charge is 0.271 e. The molecule has 0 saturated heterocycles. The lowest BCUT2D eigenvalue weighted by molar-refractivity contribution is 0.0940. The molecule has 0 saturated carbocycles. The number of hydrogen-bond donors (Lipinski definition) is 2. The van der Waals surface area contributed by atoms with Crippen LogP contribution in [0.1, 0.15) is 46.3 Å². The third-order valence-electron chi connectivity index (χ3n) is 4.40. The lowest BCUT2D eigenvalue weighted by Gasteiger charge is -2.09. The standard InChI is InChI=1S/C22H24N4O3/c1-15(2)16-8-10-18(11-9-16)29-13-12-24-22(28)19-14-20(21(23)27)26(25-19)17-6-4-3-5-7-17/h3-11,14-15H,12-13H2,1-2H3,(H2,23,27)(H,24,28). The molecule has 0 bridgehead atoms. The summed E-state index contributed by atoms with van der Waals surface area (Å²) in [6, 6.07) is 18.3. The highest BCUT2D eigenvalue weighted by molar-refractivity contribution is 5.97. The molecule has 0 aliphatic carbocycles. The molecule has 0 aliphatic heterocycles. The minimum absolute atomic E-state index is 0.115. The topological polar surface area (TPSA) is 99.2 Å². The Balaban J connectivity index is 1.59. The first-order chi connectivity index (χ1) is 14.0. The summed E-state index contributed by atoms with van der Waals surface area (Å²) < 4.78 is 7.01. The number of nitrogens with one attached hydrogen (secondary N) is 1. The number of amides is 2. The fourth-order valence-electron chi connectivity index (χ4n) is 2.81. The molecule has 3 rings (SSSR count). The third kappa shape index (κ3) is 5.01. The lowest BCUT2D eigenvalue weighted by atomic mass is 10.0. The maximum Gasteiger partial charge on any atom is 0.271 e. The predicted octanol–water partition coefficient (Wildman–Crippen LogP) is 2.90. The monoisotopic (exact) mass is 392 g/mol. The number of nitrogens with zero attached hydrogens (tertiary/aromatic N) is 2. The van der Waals surface area contributed by atoms with Crippen molar-refractivity contribution in [2.24, 2.45) is 5.73 Å². The predicted molar refractivity (Wildman–Crippen MR) is 110 cm³/mol. The van der Waals surface area contributed by atoms with Gasteiger partial charge >= 0.3 is 0 Å². The lowest BCUT2D eigenvalue weighted by Crippen LogP contribution is -2.28. The molecule has 0 aliphatic rings. The van der Waals surface area contributed by atoms with Crippen LogP contribution in [0.3, 0.4) is 0 Å². The van der Waals surface area contributed by atoms with Crippen LogP contribution in [0, 0.1) is 0 Å². The van der Waals surface area contributed by atoms with E-state index in [9.17, 15) is 9.59 Å². The van der Waals surface area contributed by atoms with Gasteiger partial charge in [0.05, 0.1) is 12.2 Å². The van der Waals surface area contributed by atoms with Crippen molar-refractivity contribution < 1.29 is 14.3 Å². The van der Waals surface area contributed by atoms with Crippen LogP contribution in [0.5, 0.6) is 5.75 Å². The van der Waals surface area contributed by atoms with Crippen molar-refractivity contribution in [1.29, 1.82) is 0 Å². The number of hydrogen-bond acceptors (Lipinski definition) is 4. The van der Waals surface area contributed by atoms with Gasteiger partial charge in [-0.25, -0.2) is 4.68 Å². The average molecular weight is 392 g/mol. The van der Waals surface area contributed by atoms with Gasteiger partial charge in [-0.05, 0) is 35.7 Å². The molecule has 29 heavy (non-hydrogen) atoms. The van der Waals surface area contributed by atoms with Crippen LogP contribution in [-0.2, 0) is 0 Å². The summed E-state index contributed by atoms with van der Waals surface area (Å²) in [4.78, 5) is 24.1. The van der Waals surface area contributed by atoms with Crippen LogP contribution in [0.4, 0.5) is 0 Å². The quantitative estimate of drug-likeness (QED) is 0.576. The molecule has 0 fully saturated rings. The second-order valence-electron chi connectivity index (χ2n) is 6.85. The molecule has 2 amide bonds. The normalized spacial score (nSPS) is 10.7. The Hall–Kier alpha value is -3.61. The summed E-state index contributed by atoms with van der Waals surface area (Å²) in [7, 11) is 0. The Labute approximate surface area is 169 Å². The first kappa shape index (κ1) is 20.1. The zero-order valence-corrected chi connectivity index (χ0v) is 16.5.